The average molecular weight is 263 g/mol. The number of nitrogens with two attached hydrogens (primary N) is 1. The zero-order valence-electron chi connectivity index (χ0n) is 11.6. The van der Waals surface area contributed by atoms with Crippen LogP contribution in [-0.2, 0) is 9.59 Å². The molecule has 0 heterocycles. The summed E-state index contributed by atoms with van der Waals surface area (Å²) in [5.41, 5.74) is 7.56. The minimum absolute atomic E-state index is 0.00292. The van der Waals surface area contributed by atoms with E-state index in [4.69, 9.17) is 5.73 Å². The van der Waals surface area contributed by atoms with Crippen LogP contribution in [0.1, 0.15) is 25.8 Å². The Labute approximate surface area is 113 Å². The van der Waals surface area contributed by atoms with E-state index in [1.807, 2.05) is 20.8 Å². The van der Waals surface area contributed by atoms with Crippen molar-refractivity contribution in [3.8, 4) is 0 Å². The Morgan fingerprint density at radius 3 is 2.42 bits per heavy atom. The molecule has 0 saturated heterocycles. The number of rotatable bonds is 5. The lowest BCUT2D eigenvalue weighted by Crippen LogP contribution is -2.22. The second kappa shape index (κ2) is 6.89. The molecule has 0 saturated carbocycles. The third-order valence-electron chi connectivity index (χ3n) is 2.56. The van der Waals surface area contributed by atoms with Gasteiger partial charge < -0.3 is 16.4 Å². The van der Waals surface area contributed by atoms with Crippen LogP contribution in [0.3, 0.4) is 0 Å². The van der Waals surface area contributed by atoms with Crippen molar-refractivity contribution in [2.45, 2.75) is 27.2 Å². The normalized spacial score (nSPS) is 10.4. The van der Waals surface area contributed by atoms with Crippen LogP contribution in [-0.4, -0.2) is 18.4 Å². The fourth-order valence-electron chi connectivity index (χ4n) is 1.67. The molecule has 0 aliphatic carbocycles. The van der Waals surface area contributed by atoms with Crippen molar-refractivity contribution in [1.82, 2.24) is 0 Å². The summed E-state index contributed by atoms with van der Waals surface area (Å²) < 4.78 is 0. The molecule has 0 aliphatic rings. The van der Waals surface area contributed by atoms with Gasteiger partial charge >= 0.3 is 0 Å². The maximum Gasteiger partial charge on any atom is 0.238 e. The average Bonchev–Trinajstić information content (AvgIpc) is 2.31. The van der Waals surface area contributed by atoms with Crippen molar-refractivity contribution in [2.24, 2.45) is 11.7 Å². The predicted molar refractivity (Wildman–Crippen MR) is 76.9 cm³/mol. The first-order chi connectivity index (χ1) is 8.92. The minimum atomic E-state index is -0.240. The van der Waals surface area contributed by atoms with E-state index in [1.54, 1.807) is 18.2 Å². The molecule has 104 valence electrons. The summed E-state index contributed by atoms with van der Waals surface area (Å²) in [6.45, 7) is 5.82. The highest BCUT2D eigenvalue weighted by Crippen LogP contribution is 2.20. The summed E-state index contributed by atoms with van der Waals surface area (Å²) in [4.78, 5) is 22.9. The Balaban J connectivity index is 2.72. The lowest BCUT2D eigenvalue weighted by Gasteiger charge is -2.11. The number of hydrogen-bond acceptors (Lipinski definition) is 3. The van der Waals surface area contributed by atoms with Gasteiger partial charge in [-0.05, 0) is 36.6 Å². The number of hydrogen-bond donors (Lipinski definition) is 3. The third-order valence-corrected chi connectivity index (χ3v) is 2.56. The molecule has 5 heteroatoms. The van der Waals surface area contributed by atoms with E-state index in [9.17, 15) is 9.59 Å². The first-order valence-electron chi connectivity index (χ1n) is 6.32. The maximum atomic E-state index is 11.7. The van der Waals surface area contributed by atoms with Gasteiger partial charge in [0.2, 0.25) is 11.8 Å². The van der Waals surface area contributed by atoms with Gasteiger partial charge in [-0.1, -0.05) is 13.8 Å². The Morgan fingerprint density at radius 1 is 1.21 bits per heavy atom. The zero-order valence-corrected chi connectivity index (χ0v) is 11.6. The molecule has 1 aromatic rings. The van der Waals surface area contributed by atoms with Crippen molar-refractivity contribution in [3.63, 3.8) is 0 Å². The van der Waals surface area contributed by atoms with Crippen LogP contribution in [0.2, 0.25) is 0 Å². The second-order valence-electron chi connectivity index (χ2n) is 4.93. The van der Waals surface area contributed by atoms with Crippen molar-refractivity contribution in [1.29, 1.82) is 0 Å². The molecule has 1 aromatic carbocycles. The van der Waals surface area contributed by atoms with Crippen molar-refractivity contribution < 1.29 is 9.59 Å². The summed E-state index contributed by atoms with van der Waals surface area (Å²) in [6, 6.07) is 5.32. The van der Waals surface area contributed by atoms with Crippen LogP contribution in [0.4, 0.5) is 11.4 Å². The van der Waals surface area contributed by atoms with E-state index < -0.39 is 0 Å². The number of carbonyl (C=O) groups excluding carboxylic acids is 2. The molecule has 0 atom stereocenters. The Morgan fingerprint density at radius 2 is 1.89 bits per heavy atom. The molecule has 5 nitrogen and oxygen atoms in total. The highest BCUT2D eigenvalue weighted by Gasteiger charge is 2.08. The van der Waals surface area contributed by atoms with Gasteiger partial charge in [-0.25, -0.2) is 0 Å². The van der Waals surface area contributed by atoms with Crippen LogP contribution in [0.5, 0.6) is 0 Å². The van der Waals surface area contributed by atoms with Crippen LogP contribution in [0.25, 0.3) is 0 Å². The number of benzene rings is 1. The summed E-state index contributed by atoms with van der Waals surface area (Å²) in [5.74, 6) is 0.0799. The first-order valence-corrected chi connectivity index (χ1v) is 6.32. The molecular formula is C14H21N3O2. The zero-order chi connectivity index (χ0) is 14.4. The maximum absolute atomic E-state index is 11.7. The van der Waals surface area contributed by atoms with Crippen LogP contribution in [0, 0.1) is 12.8 Å². The number of carbonyl (C=O) groups is 2. The summed E-state index contributed by atoms with van der Waals surface area (Å²) in [5, 5.41) is 5.53. The molecule has 19 heavy (non-hydrogen) atoms. The summed E-state index contributed by atoms with van der Waals surface area (Å²) >= 11 is 0. The number of amides is 2. The number of nitrogens with one attached hydrogen (secondary N) is 2. The molecule has 0 fully saturated rings. The van der Waals surface area contributed by atoms with Gasteiger partial charge in [0.15, 0.2) is 0 Å². The molecule has 0 unspecified atom stereocenters. The molecule has 0 bridgehead atoms. The van der Waals surface area contributed by atoms with E-state index in [1.165, 1.54) is 0 Å². The Kier molecular flexibility index (Phi) is 5.51. The smallest absolute Gasteiger partial charge is 0.238 e. The van der Waals surface area contributed by atoms with Crippen LogP contribution in [0.15, 0.2) is 18.2 Å². The summed E-state index contributed by atoms with van der Waals surface area (Å²) in [6.07, 6.45) is 0.491. The molecule has 1 rings (SSSR count). The largest absolute Gasteiger partial charge is 0.326 e. The predicted octanol–water partition coefficient (Wildman–Crippen LogP) is 1.88. The topological polar surface area (TPSA) is 84.2 Å². The molecule has 0 radical (unpaired) electrons. The molecule has 4 N–H and O–H groups in total. The van der Waals surface area contributed by atoms with Crippen LogP contribution < -0.4 is 16.4 Å². The van der Waals surface area contributed by atoms with Crippen LogP contribution >= 0.6 is 0 Å². The van der Waals surface area contributed by atoms with E-state index in [-0.39, 0.29) is 18.4 Å². The van der Waals surface area contributed by atoms with Gasteiger partial charge in [0.05, 0.1) is 6.54 Å². The van der Waals surface area contributed by atoms with Crippen molar-refractivity contribution >= 4 is 23.2 Å². The molecule has 0 spiro atoms. The third kappa shape index (κ3) is 5.09. The highest BCUT2D eigenvalue weighted by molar-refractivity contribution is 5.94. The lowest BCUT2D eigenvalue weighted by atomic mass is 10.1. The Bertz CT molecular complexity index is 470. The fraction of sp³-hybridized carbons (Fsp3) is 0.429. The van der Waals surface area contributed by atoms with Crippen molar-refractivity contribution in [2.75, 3.05) is 17.2 Å². The summed E-state index contributed by atoms with van der Waals surface area (Å²) in [7, 11) is 0. The standard InChI is InChI=1S/C14H21N3O2/c1-9(2)6-13(18)17-12-5-4-11(7-10(12)3)16-14(19)8-15/h4-5,7,9H,6,8,15H2,1-3H3,(H,16,19)(H,17,18). The van der Waals surface area contributed by atoms with Crippen molar-refractivity contribution in [3.05, 3.63) is 23.8 Å². The minimum Gasteiger partial charge on any atom is -0.326 e. The SMILES string of the molecule is Cc1cc(NC(=O)CN)ccc1NC(=O)CC(C)C. The van der Waals surface area contributed by atoms with E-state index in [0.717, 1.165) is 11.3 Å². The van der Waals surface area contributed by atoms with E-state index >= 15 is 0 Å². The monoisotopic (exact) mass is 263 g/mol. The molecule has 2 amide bonds. The van der Waals surface area contributed by atoms with E-state index in [0.29, 0.717) is 18.0 Å². The van der Waals surface area contributed by atoms with E-state index in [2.05, 4.69) is 10.6 Å². The van der Waals surface area contributed by atoms with Gasteiger partial charge in [0.1, 0.15) is 0 Å². The van der Waals surface area contributed by atoms with Gasteiger partial charge in [-0.15, -0.1) is 0 Å². The first kappa shape index (κ1) is 15.2. The van der Waals surface area contributed by atoms with Gasteiger partial charge in [-0.3, -0.25) is 9.59 Å². The fourth-order valence-corrected chi connectivity index (χ4v) is 1.67. The molecule has 0 aliphatic heterocycles. The highest BCUT2D eigenvalue weighted by atomic mass is 16.2. The second-order valence-corrected chi connectivity index (χ2v) is 4.93. The lowest BCUT2D eigenvalue weighted by molar-refractivity contribution is -0.117. The van der Waals surface area contributed by atoms with Gasteiger partial charge in [0.25, 0.3) is 0 Å². The molecule has 0 aromatic heterocycles. The quantitative estimate of drug-likeness (QED) is 0.758. The molecular weight excluding hydrogens is 242 g/mol. The Hall–Kier alpha value is -1.88. The number of aryl methyl sites for hydroxylation is 1. The number of anilines is 2. The van der Waals surface area contributed by atoms with Gasteiger partial charge in [-0.2, -0.15) is 0 Å². The van der Waals surface area contributed by atoms with Gasteiger partial charge in [0, 0.05) is 17.8 Å².